The van der Waals surface area contributed by atoms with Gasteiger partial charge in [0.15, 0.2) is 0 Å². The van der Waals surface area contributed by atoms with Crippen molar-refractivity contribution in [3.05, 3.63) is 34.3 Å². The summed E-state index contributed by atoms with van der Waals surface area (Å²) in [5, 5.41) is 7.38. The number of alkyl halides is 3. The van der Waals surface area contributed by atoms with Gasteiger partial charge < -0.3 is 10.5 Å². The zero-order chi connectivity index (χ0) is 13.1. The van der Waals surface area contributed by atoms with E-state index in [2.05, 4.69) is 4.74 Å². The SMILES string of the molecule is N=C(N)c1ccc(COCC(F)(F)F)c(Cl)c1. The maximum atomic E-state index is 11.8. The van der Waals surface area contributed by atoms with Gasteiger partial charge in [-0.15, -0.1) is 0 Å². The molecule has 0 atom stereocenters. The van der Waals surface area contributed by atoms with Crippen molar-refractivity contribution in [2.24, 2.45) is 5.73 Å². The lowest BCUT2D eigenvalue weighted by molar-refractivity contribution is -0.176. The first-order valence-electron chi connectivity index (χ1n) is 4.57. The second-order valence-electron chi connectivity index (χ2n) is 3.33. The molecule has 0 aliphatic carbocycles. The van der Waals surface area contributed by atoms with Crippen LogP contribution in [0.2, 0.25) is 5.02 Å². The van der Waals surface area contributed by atoms with E-state index in [9.17, 15) is 13.2 Å². The van der Waals surface area contributed by atoms with Gasteiger partial charge in [0.05, 0.1) is 6.61 Å². The van der Waals surface area contributed by atoms with Gasteiger partial charge >= 0.3 is 6.18 Å². The molecule has 0 radical (unpaired) electrons. The lowest BCUT2D eigenvalue weighted by Crippen LogP contribution is -2.17. The molecule has 0 saturated carbocycles. The molecular formula is C10H10ClF3N2O. The molecule has 3 N–H and O–H groups in total. The molecule has 0 bridgehead atoms. The first-order valence-corrected chi connectivity index (χ1v) is 4.95. The van der Waals surface area contributed by atoms with Gasteiger partial charge in [0.1, 0.15) is 12.4 Å². The zero-order valence-corrected chi connectivity index (χ0v) is 9.40. The zero-order valence-electron chi connectivity index (χ0n) is 8.64. The highest BCUT2D eigenvalue weighted by atomic mass is 35.5. The average molecular weight is 267 g/mol. The van der Waals surface area contributed by atoms with Crippen LogP contribution in [0.15, 0.2) is 18.2 Å². The van der Waals surface area contributed by atoms with Crippen molar-refractivity contribution >= 4 is 17.4 Å². The summed E-state index contributed by atoms with van der Waals surface area (Å²) in [4.78, 5) is 0. The largest absolute Gasteiger partial charge is 0.411 e. The molecule has 7 heteroatoms. The standard InChI is InChI=1S/C10H10ClF3N2O/c11-8-3-6(9(15)16)1-2-7(8)4-17-5-10(12,13)14/h1-3H,4-5H2,(H3,15,16). The Morgan fingerprint density at radius 1 is 1.41 bits per heavy atom. The monoisotopic (exact) mass is 266 g/mol. The third-order valence-corrected chi connectivity index (χ3v) is 2.24. The number of ether oxygens (including phenoxy) is 1. The molecule has 17 heavy (non-hydrogen) atoms. The Kier molecular flexibility index (Phi) is 4.36. The molecule has 0 amide bonds. The van der Waals surface area contributed by atoms with E-state index < -0.39 is 12.8 Å². The number of rotatable bonds is 4. The van der Waals surface area contributed by atoms with Crippen LogP contribution >= 0.6 is 11.6 Å². The Morgan fingerprint density at radius 2 is 2.06 bits per heavy atom. The van der Waals surface area contributed by atoms with E-state index in [1.165, 1.54) is 18.2 Å². The van der Waals surface area contributed by atoms with Crippen LogP contribution in [0.4, 0.5) is 13.2 Å². The summed E-state index contributed by atoms with van der Waals surface area (Å²) in [6, 6.07) is 4.39. The molecule has 0 heterocycles. The molecule has 1 rings (SSSR count). The van der Waals surface area contributed by atoms with Gasteiger partial charge in [0.25, 0.3) is 0 Å². The lowest BCUT2D eigenvalue weighted by atomic mass is 10.1. The number of nitrogens with two attached hydrogens (primary N) is 1. The van der Waals surface area contributed by atoms with E-state index in [4.69, 9.17) is 22.7 Å². The lowest BCUT2D eigenvalue weighted by Gasteiger charge is -2.09. The Labute approximate surface area is 101 Å². The summed E-state index contributed by atoms with van der Waals surface area (Å²) >= 11 is 5.81. The Bertz CT molecular complexity index is 421. The fraction of sp³-hybridized carbons (Fsp3) is 0.300. The molecule has 1 aromatic carbocycles. The second kappa shape index (κ2) is 5.37. The first-order chi connectivity index (χ1) is 7.79. The number of halogens is 4. The van der Waals surface area contributed by atoms with Gasteiger partial charge in [-0.1, -0.05) is 23.7 Å². The molecule has 0 aromatic heterocycles. The van der Waals surface area contributed by atoms with E-state index in [0.29, 0.717) is 11.1 Å². The molecular weight excluding hydrogens is 257 g/mol. The number of nitrogen functional groups attached to an aromatic ring is 1. The van der Waals surface area contributed by atoms with Crippen LogP contribution in [0.3, 0.4) is 0 Å². The van der Waals surface area contributed by atoms with Crippen molar-refractivity contribution < 1.29 is 17.9 Å². The highest BCUT2D eigenvalue weighted by molar-refractivity contribution is 6.31. The van der Waals surface area contributed by atoms with E-state index in [1.54, 1.807) is 0 Å². The van der Waals surface area contributed by atoms with Gasteiger partial charge in [-0.25, -0.2) is 0 Å². The van der Waals surface area contributed by atoms with Crippen molar-refractivity contribution in [1.82, 2.24) is 0 Å². The Balaban J connectivity index is 2.64. The third kappa shape index (κ3) is 4.62. The van der Waals surface area contributed by atoms with Gasteiger partial charge in [0.2, 0.25) is 0 Å². The summed E-state index contributed by atoms with van der Waals surface area (Å²) in [5.41, 5.74) is 6.06. The molecule has 0 fully saturated rings. The predicted molar refractivity (Wildman–Crippen MR) is 58.2 cm³/mol. The smallest absolute Gasteiger partial charge is 0.384 e. The minimum Gasteiger partial charge on any atom is -0.384 e. The molecule has 1 aromatic rings. The molecule has 0 aliphatic rings. The van der Waals surface area contributed by atoms with Crippen molar-refractivity contribution in [1.29, 1.82) is 5.41 Å². The fourth-order valence-corrected chi connectivity index (χ4v) is 1.34. The third-order valence-electron chi connectivity index (χ3n) is 1.89. The first kappa shape index (κ1) is 13.8. The van der Waals surface area contributed by atoms with Crippen molar-refractivity contribution in [2.75, 3.05) is 6.61 Å². The number of amidine groups is 1. The molecule has 0 saturated heterocycles. The predicted octanol–water partition coefficient (Wildman–Crippen LogP) is 2.70. The second-order valence-corrected chi connectivity index (χ2v) is 3.74. The summed E-state index contributed by atoms with van der Waals surface area (Å²) in [6.07, 6.45) is -4.36. The maximum absolute atomic E-state index is 11.8. The molecule has 0 aliphatic heterocycles. The maximum Gasteiger partial charge on any atom is 0.411 e. The average Bonchev–Trinajstić information content (AvgIpc) is 2.18. The minimum absolute atomic E-state index is 0.158. The van der Waals surface area contributed by atoms with Crippen LogP contribution in [-0.4, -0.2) is 18.6 Å². The quantitative estimate of drug-likeness (QED) is 0.650. The fourth-order valence-electron chi connectivity index (χ4n) is 1.11. The number of nitrogens with one attached hydrogen (secondary N) is 1. The van der Waals surface area contributed by atoms with Crippen LogP contribution in [-0.2, 0) is 11.3 Å². The van der Waals surface area contributed by atoms with Crippen LogP contribution in [0.5, 0.6) is 0 Å². The van der Waals surface area contributed by atoms with Gasteiger partial charge in [-0.3, -0.25) is 5.41 Å². The highest BCUT2D eigenvalue weighted by Crippen LogP contribution is 2.20. The normalized spacial score (nSPS) is 11.5. The number of hydrogen-bond donors (Lipinski definition) is 2. The molecule has 0 spiro atoms. The Morgan fingerprint density at radius 3 is 2.53 bits per heavy atom. The summed E-state index contributed by atoms with van der Waals surface area (Å²) in [5.74, 6) is -0.158. The summed E-state index contributed by atoms with van der Waals surface area (Å²) in [6.45, 7) is -1.56. The molecule has 0 unspecified atom stereocenters. The molecule has 94 valence electrons. The van der Waals surface area contributed by atoms with Crippen LogP contribution in [0, 0.1) is 5.41 Å². The van der Waals surface area contributed by atoms with Crippen molar-refractivity contribution in [2.45, 2.75) is 12.8 Å². The topological polar surface area (TPSA) is 59.1 Å². The van der Waals surface area contributed by atoms with E-state index in [1.807, 2.05) is 0 Å². The number of benzene rings is 1. The van der Waals surface area contributed by atoms with Gasteiger partial charge in [-0.2, -0.15) is 13.2 Å². The summed E-state index contributed by atoms with van der Waals surface area (Å²) < 4.78 is 39.9. The Hall–Kier alpha value is -1.27. The van der Waals surface area contributed by atoms with Crippen molar-refractivity contribution in [3.8, 4) is 0 Å². The minimum atomic E-state index is -4.36. The molecule has 3 nitrogen and oxygen atoms in total. The van der Waals surface area contributed by atoms with Gasteiger partial charge in [0, 0.05) is 10.6 Å². The number of hydrogen-bond acceptors (Lipinski definition) is 2. The van der Waals surface area contributed by atoms with Crippen LogP contribution in [0.1, 0.15) is 11.1 Å². The highest BCUT2D eigenvalue weighted by Gasteiger charge is 2.27. The van der Waals surface area contributed by atoms with Gasteiger partial charge in [-0.05, 0) is 11.6 Å². The van der Waals surface area contributed by atoms with E-state index >= 15 is 0 Å². The summed E-state index contributed by atoms with van der Waals surface area (Å²) in [7, 11) is 0. The van der Waals surface area contributed by atoms with E-state index in [0.717, 1.165) is 0 Å². The van der Waals surface area contributed by atoms with Crippen LogP contribution < -0.4 is 5.73 Å². The van der Waals surface area contributed by atoms with Crippen LogP contribution in [0.25, 0.3) is 0 Å². The van der Waals surface area contributed by atoms with E-state index in [-0.39, 0.29) is 17.5 Å². The van der Waals surface area contributed by atoms with Crippen molar-refractivity contribution in [3.63, 3.8) is 0 Å².